The van der Waals surface area contributed by atoms with Gasteiger partial charge in [-0.05, 0) is 46.6 Å². The van der Waals surface area contributed by atoms with Crippen LogP contribution in [0.4, 0.5) is 4.39 Å². The lowest BCUT2D eigenvalue weighted by molar-refractivity contribution is 0.0949. The summed E-state index contributed by atoms with van der Waals surface area (Å²) in [5, 5.41) is 11.4. The lowest BCUT2D eigenvalue weighted by Crippen LogP contribution is -2.23. The number of carbonyl (C=O) groups is 1. The van der Waals surface area contributed by atoms with Crippen molar-refractivity contribution in [1.82, 2.24) is 5.32 Å². The van der Waals surface area contributed by atoms with Gasteiger partial charge in [0.15, 0.2) is 0 Å². The molecule has 0 bridgehead atoms. The second-order valence-electron chi connectivity index (χ2n) is 4.54. The third-order valence-corrected chi connectivity index (χ3v) is 4.11. The summed E-state index contributed by atoms with van der Waals surface area (Å²) >= 11 is 3.37. The molecular weight excluding hydrogens is 335 g/mol. The second-order valence-corrected chi connectivity index (χ2v) is 5.33. The lowest BCUT2D eigenvalue weighted by atomic mass is 10.1. The minimum Gasteiger partial charge on any atom is -0.348 e. The van der Waals surface area contributed by atoms with E-state index in [9.17, 15) is 9.18 Å². The molecule has 0 unspecified atom stereocenters. The van der Waals surface area contributed by atoms with E-state index in [4.69, 9.17) is 5.26 Å². The number of hydrogen-bond donors (Lipinski definition) is 1. The average Bonchev–Trinajstić information content (AvgIpc) is 2.48. The zero-order valence-corrected chi connectivity index (χ0v) is 12.9. The summed E-state index contributed by atoms with van der Waals surface area (Å²) in [5.41, 5.74) is 2.05. The predicted molar refractivity (Wildman–Crippen MR) is 81.2 cm³/mol. The second kappa shape index (κ2) is 6.51. The molecule has 0 saturated carbocycles. The van der Waals surface area contributed by atoms with Gasteiger partial charge in [-0.3, -0.25) is 4.79 Å². The number of carbonyl (C=O) groups excluding carboxylic acids is 1. The molecular formula is C16H12BrFN2O. The summed E-state index contributed by atoms with van der Waals surface area (Å²) in [6.07, 6.45) is 0. The van der Waals surface area contributed by atoms with Crippen molar-refractivity contribution in [2.45, 2.75) is 13.5 Å². The maximum absolute atomic E-state index is 13.7. The fraction of sp³-hybridized carbons (Fsp3) is 0.125. The first-order valence-corrected chi connectivity index (χ1v) is 7.04. The number of halogens is 2. The van der Waals surface area contributed by atoms with E-state index in [1.807, 2.05) is 19.1 Å². The molecule has 0 aliphatic carbocycles. The van der Waals surface area contributed by atoms with Gasteiger partial charge >= 0.3 is 0 Å². The van der Waals surface area contributed by atoms with Gasteiger partial charge in [0, 0.05) is 16.6 Å². The number of nitrogens with zero attached hydrogens (tertiary/aromatic N) is 1. The van der Waals surface area contributed by atoms with Gasteiger partial charge in [-0.15, -0.1) is 0 Å². The molecule has 106 valence electrons. The Morgan fingerprint density at radius 2 is 2.14 bits per heavy atom. The highest BCUT2D eigenvalue weighted by molar-refractivity contribution is 9.10. The van der Waals surface area contributed by atoms with E-state index >= 15 is 0 Å². The van der Waals surface area contributed by atoms with Crippen molar-refractivity contribution in [2.24, 2.45) is 0 Å². The smallest absolute Gasteiger partial charge is 0.252 e. The number of aryl methyl sites for hydroxylation is 1. The van der Waals surface area contributed by atoms with Crippen LogP contribution in [-0.2, 0) is 6.54 Å². The van der Waals surface area contributed by atoms with Gasteiger partial charge in [0.05, 0.1) is 17.2 Å². The Morgan fingerprint density at radius 1 is 1.38 bits per heavy atom. The number of rotatable bonds is 3. The Bertz CT molecular complexity index is 738. The van der Waals surface area contributed by atoms with Crippen molar-refractivity contribution in [3.63, 3.8) is 0 Å². The molecule has 0 radical (unpaired) electrons. The molecule has 0 spiro atoms. The van der Waals surface area contributed by atoms with Gasteiger partial charge in [-0.2, -0.15) is 5.26 Å². The average molecular weight is 347 g/mol. The highest BCUT2D eigenvalue weighted by Crippen LogP contribution is 2.21. The molecule has 2 rings (SSSR count). The van der Waals surface area contributed by atoms with Gasteiger partial charge in [-0.1, -0.05) is 18.2 Å². The highest BCUT2D eigenvalue weighted by atomic mass is 79.9. The Morgan fingerprint density at radius 3 is 2.81 bits per heavy atom. The minimum atomic E-state index is -0.502. The molecule has 1 amide bonds. The monoisotopic (exact) mass is 346 g/mol. The van der Waals surface area contributed by atoms with Gasteiger partial charge in [0.1, 0.15) is 5.82 Å². The quantitative estimate of drug-likeness (QED) is 0.921. The van der Waals surface area contributed by atoms with Crippen molar-refractivity contribution in [1.29, 1.82) is 5.26 Å². The van der Waals surface area contributed by atoms with Crippen molar-refractivity contribution < 1.29 is 9.18 Å². The van der Waals surface area contributed by atoms with E-state index in [0.29, 0.717) is 11.1 Å². The largest absolute Gasteiger partial charge is 0.348 e. The Hall–Kier alpha value is -2.19. The molecule has 0 atom stereocenters. The third kappa shape index (κ3) is 3.47. The molecule has 0 fully saturated rings. The first-order valence-electron chi connectivity index (χ1n) is 6.24. The van der Waals surface area contributed by atoms with Gasteiger partial charge in [0.2, 0.25) is 0 Å². The number of hydrogen-bond acceptors (Lipinski definition) is 2. The Labute approximate surface area is 130 Å². The van der Waals surface area contributed by atoms with E-state index in [-0.39, 0.29) is 18.0 Å². The number of amides is 1. The molecule has 0 aliphatic rings. The van der Waals surface area contributed by atoms with E-state index < -0.39 is 5.82 Å². The van der Waals surface area contributed by atoms with E-state index in [1.165, 1.54) is 12.1 Å². The van der Waals surface area contributed by atoms with Crippen molar-refractivity contribution in [3.8, 4) is 6.07 Å². The van der Waals surface area contributed by atoms with Crippen LogP contribution in [0.1, 0.15) is 27.0 Å². The van der Waals surface area contributed by atoms with Gasteiger partial charge in [0.25, 0.3) is 5.91 Å². The van der Waals surface area contributed by atoms with Crippen LogP contribution in [0, 0.1) is 24.1 Å². The standard InChI is InChI=1S/C16H12BrFN2O/c1-10-3-2-4-13(15(10)17)16(21)20-9-12-6-5-11(8-19)7-14(12)18/h2-7H,9H2,1H3,(H,20,21). The molecule has 0 aliphatic heterocycles. The molecule has 0 heterocycles. The molecule has 0 aromatic heterocycles. The fourth-order valence-corrected chi connectivity index (χ4v) is 2.30. The fourth-order valence-electron chi connectivity index (χ4n) is 1.85. The predicted octanol–water partition coefficient (Wildman–Crippen LogP) is 3.70. The summed E-state index contributed by atoms with van der Waals surface area (Å²) in [4.78, 5) is 12.1. The van der Waals surface area contributed by atoms with Crippen molar-refractivity contribution in [2.75, 3.05) is 0 Å². The van der Waals surface area contributed by atoms with Gasteiger partial charge in [-0.25, -0.2) is 4.39 Å². The Balaban J connectivity index is 2.11. The zero-order valence-electron chi connectivity index (χ0n) is 11.3. The molecule has 0 saturated heterocycles. The van der Waals surface area contributed by atoms with Crippen LogP contribution in [0.15, 0.2) is 40.9 Å². The summed E-state index contributed by atoms with van der Waals surface area (Å²) in [7, 11) is 0. The molecule has 21 heavy (non-hydrogen) atoms. The maximum atomic E-state index is 13.7. The first-order chi connectivity index (χ1) is 10.0. The van der Waals surface area contributed by atoms with E-state index in [2.05, 4.69) is 21.2 Å². The summed E-state index contributed by atoms with van der Waals surface area (Å²) in [5.74, 6) is -0.785. The van der Waals surface area contributed by atoms with Crippen LogP contribution in [0.3, 0.4) is 0 Å². The van der Waals surface area contributed by atoms with Crippen molar-refractivity contribution >= 4 is 21.8 Å². The first kappa shape index (κ1) is 15.2. The SMILES string of the molecule is Cc1cccc(C(=O)NCc2ccc(C#N)cc2F)c1Br. The van der Waals surface area contributed by atoms with Crippen LogP contribution < -0.4 is 5.32 Å². The third-order valence-electron chi connectivity index (χ3n) is 3.06. The molecule has 2 aromatic carbocycles. The van der Waals surface area contributed by atoms with Gasteiger partial charge < -0.3 is 5.32 Å². The van der Waals surface area contributed by atoms with Crippen molar-refractivity contribution in [3.05, 3.63) is 68.9 Å². The summed E-state index contributed by atoms with van der Waals surface area (Å²) in [6.45, 7) is 1.96. The Kier molecular flexibility index (Phi) is 4.71. The van der Waals surface area contributed by atoms with Crippen LogP contribution in [-0.4, -0.2) is 5.91 Å². The topological polar surface area (TPSA) is 52.9 Å². The van der Waals surface area contributed by atoms with Crippen LogP contribution in [0.5, 0.6) is 0 Å². The number of nitrogens with one attached hydrogen (secondary N) is 1. The van der Waals surface area contributed by atoms with Crippen LogP contribution in [0.2, 0.25) is 0 Å². The molecule has 2 aromatic rings. The normalized spacial score (nSPS) is 10.0. The molecule has 5 heteroatoms. The molecule has 1 N–H and O–H groups in total. The number of benzene rings is 2. The van der Waals surface area contributed by atoms with E-state index in [0.717, 1.165) is 16.1 Å². The maximum Gasteiger partial charge on any atom is 0.252 e. The van der Waals surface area contributed by atoms with Crippen LogP contribution in [0.25, 0.3) is 0 Å². The highest BCUT2D eigenvalue weighted by Gasteiger charge is 2.12. The molecule has 3 nitrogen and oxygen atoms in total. The minimum absolute atomic E-state index is 0.0662. The number of nitriles is 1. The van der Waals surface area contributed by atoms with E-state index in [1.54, 1.807) is 12.1 Å². The lowest BCUT2D eigenvalue weighted by Gasteiger charge is -2.09. The summed E-state index contributed by atoms with van der Waals surface area (Å²) in [6, 6.07) is 11.4. The summed E-state index contributed by atoms with van der Waals surface area (Å²) < 4.78 is 14.4. The van der Waals surface area contributed by atoms with Crippen LogP contribution >= 0.6 is 15.9 Å². The zero-order chi connectivity index (χ0) is 15.4.